The summed E-state index contributed by atoms with van der Waals surface area (Å²) in [5.41, 5.74) is 1.81. The number of fused-ring (bicyclic) bond motifs is 1. The number of para-hydroxylation sites is 1. The van der Waals surface area contributed by atoms with Crippen LogP contribution in [0.25, 0.3) is 0 Å². The fourth-order valence-electron chi connectivity index (χ4n) is 2.46. The van der Waals surface area contributed by atoms with Crippen molar-refractivity contribution < 1.29 is 19.7 Å². The number of hydrogen-bond donors (Lipinski definition) is 2. The molecule has 5 nitrogen and oxygen atoms in total. The third kappa shape index (κ3) is 2.72. The molecule has 0 radical (unpaired) electrons. The van der Waals surface area contributed by atoms with Gasteiger partial charge in [0, 0.05) is 5.56 Å². The van der Waals surface area contributed by atoms with Gasteiger partial charge in [0.25, 0.3) is 0 Å². The van der Waals surface area contributed by atoms with Crippen LogP contribution in [0, 0.1) is 0 Å². The summed E-state index contributed by atoms with van der Waals surface area (Å²) in [7, 11) is 1.68. The summed E-state index contributed by atoms with van der Waals surface area (Å²) >= 11 is 0. The number of ether oxygens (including phenoxy) is 1. The second kappa shape index (κ2) is 5.59. The van der Waals surface area contributed by atoms with Gasteiger partial charge in [0.2, 0.25) is 0 Å². The minimum Gasteiger partial charge on any atom is -0.491 e. The summed E-state index contributed by atoms with van der Waals surface area (Å²) in [6.45, 7) is 2.22. The van der Waals surface area contributed by atoms with E-state index >= 15 is 0 Å². The number of rotatable bonds is 4. The fourth-order valence-corrected chi connectivity index (χ4v) is 2.46. The number of hydrogen-bond acceptors (Lipinski definition) is 4. The van der Waals surface area contributed by atoms with Crippen molar-refractivity contribution in [3.63, 3.8) is 0 Å². The predicted molar refractivity (Wildman–Crippen MR) is 70.3 cm³/mol. The molecule has 1 aromatic carbocycles. The molecule has 0 bridgehead atoms. The number of likely N-dealkylation sites (N-methyl/N-ethyl adjacent to an activating group) is 1. The van der Waals surface area contributed by atoms with E-state index in [2.05, 4.69) is 0 Å². The number of aryl methyl sites for hydroxylation is 1. The molecule has 1 aromatic rings. The van der Waals surface area contributed by atoms with Crippen LogP contribution in [0.3, 0.4) is 0 Å². The van der Waals surface area contributed by atoms with Crippen molar-refractivity contribution in [2.75, 3.05) is 20.2 Å². The van der Waals surface area contributed by atoms with E-state index in [1.807, 2.05) is 25.1 Å². The Morgan fingerprint density at radius 1 is 1.53 bits per heavy atom. The van der Waals surface area contributed by atoms with E-state index < -0.39 is 12.1 Å². The topological polar surface area (TPSA) is 70.0 Å². The van der Waals surface area contributed by atoms with Crippen molar-refractivity contribution in [1.82, 2.24) is 4.90 Å². The fraction of sp³-hybridized carbons (Fsp3) is 0.500. The highest BCUT2D eigenvalue weighted by Gasteiger charge is 2.33. The molecule has 1 heterocycles. The summed E-state index contributed by atoms with van der Waals surface area (Å²) in [5.74, 6) is -0.166. The van der Waals surface area contributed by atoms with E-state index in [0.717, 1.165) is 23.3 Å². The molecule has 2 rings (SSSR count). The molecule has 2 atom stereocenters. The average Bonchev–Trinajstić information content (AvgIpc) is 2.37. The van der Waals surface area contributed by atoms with Gasteiger partial charge in [0.05, 0.1) is 12.6 Å². The van der Waals surface area contributed by atoms with E-state index in [1.165, 1.54) is 0 Å². The van der Waals surface area contributed by atoms with Gasteiger partial charge in [-0.15, -0.1) is 0 Å². The Morgan fingerprint density at radius 2 is 2.26 bits per heavy atom. The number of carboxylic acid groups (broad SMARTS) is 1. The zero-order chi connectivity index (χ0) is 14.0. The van der Waals surface area contributed by atoms with Gasteiger partial charge in [-0.05, 0) is 19.0 Å². The molecule has 0 saturated heterocycles. The molecule has 19 heavy (non-hydrogen) atoms. The lowest BCUT2D eigenvalue weighted by Gasteiger charge is -2.36. The molecular formula is C14H19NO4. The molecule has 0 aromatic heterocycles. The van der Waals surface area contributed by atoms with Gasteiger partial charge in [-0.25, -0.2) is 0 Å². The van der Waals surface area contributed by atoms with Crippen molar-refractivity contribution in [3.8, 4) is 5.75 Å². The third-order valence-electron chi connectivity index (χ3n) is 3.54. The largest absolute Gasteiger partial charge is 0.491 e. The van der Waals surface area contributed by atoms with E-state index in [9.17, 15) is 9.90 Å². The molecule has 0 amide bonds. The predicted octanol–water partition coefficient (Wildman–Crippen LogP) is 1.06. The van der Waals surface area contributed by atoms with Crippen LogP contribution >= 0.6 is 0 Å². The minimum atomic E-state index is -0.914. The van der Waals surface area contributed by atoms with E-state index in [-0.39, 0.29) is 12.6 Å². The third-order valence-corrected chi connectivity index (χ3v) is 3.54. The zero-order valence-corrected chi connectivity index (χ0v) is 11.2. The Kier molecular flexibility index (Phi) is 4.07. The maximum Gasteiger partial charge on any atom is 0.317 e. The van der Waals surface area contributed by atoms with Crippen molar-refractivity contribution in [1.29, 1.82) is 0 Å². The molecule has 1 aliphatic rings. The van der Waals surface area contributed by atoms with Crippen LogP contribution in [0.1, 0.15) is 24.2 Å². The molecule has 2 N–H and O–H groups in total. The Labute approximate surface area is 112 Å². The molecular weight excluding hydrogens is 246 g/mol. The number of aliphatic hydroxyl groups is 1. The van der Waals surface area contributed by atoms with Crippen LogP contribution in [0.2, 0.25) is 0 Å². The normalized spacial score (nSPS) is 21.9. The number of benzene rings is 1. The summed E-state index contributed by atoms with van der Waals surface area (Å²) in [6.07, 6.45) is 0.116. The molecule has 104 valence electrons. The Balaban J connectivity index is 2.24. The molecule has 5 heteroatoms. The van der Waals surface area contributed by atoms with Crippen LogP contribution < -0.4 is 4.74 Å². The summed E-state index contributed by atoms with van der Waals surface area (Å²) in [5, 5.41) is 19.2. The van der Waals surface area contributed by atoms with Gasteiger partial charge >= 0.3 is 5.97 Å². The molecule has 2 unspecified atom stereocenters. The smallest absolute Gasteiger partial charge is 0.317 e. The zero-order valence-electron chi connectivity index (χ0n) is 11.2. The van der Waals surface area contributed by atoms with Gasteiger partial charge in [-0.2, -0.15) is 0 Å². The van der Waals surface area contributed by atoms with Gasteiger partial charge < -0.3 is 14.9 Å². The average molecular weight is 265 g/mol. The van der Waals surface area contributed by atoms with Crippen molar-refractivity contribution >= 4 is 5.97 Å². The second-order valence-corrected chi connectivity index (χ2v) is 4.82. The maximum atomic E-state index is 10.7. The summed E-state index contributed by atoms with van der Waals surface area (Å²) < 4.78 is 5.74. The molecule has 0 spiro atoms. The Bertz CT molecular complexity index is 475. The monoisotopic (exact) mass is 265 g/mol. The maximum absolute atomic E-state index is 10.7. The van der Waals surface area contributed by atoms with Crippen LogP contribution in [-0.2, 0) is 11.2 Å². The van der Waals surface area contributed by atoms with E-state index in [4.69, 9.17) is 9.84 Å². The lowest BCUT2D eigenvalue weighted by atomic mass is 9.95. The Morgan fingerprint density at radius 3 is 2.89 bits per heavy atom. The highest BCUT2D eigenvalue weighted by Crippen LogP contribution is 2.36. The molecule has 0 saturated carbocycles. The Hall–Kier alpha value is -1.59. The number of aliphatic carboxylic acids is 1. The van der Waals surface area contributed by atoms with Crippen LogP contribution in [0.15, 0.2) is 18.2 Å². The van der Waals surface area contributed by atoms with Crippen LogP contribution in [-0.4, -0.2) is 47.3 Å². The number of nitrogens with zero attached hydrogens (tertiary/aromatic N) is 1. The first-order valence-electron chi connectivity index (χ1n) is 6.39. The first kappa shape index (κ1) is 13.8. The molecule has 0 aliphatic carbocycles. The number of carboxylic acids is 1. The standard InChI is InChI=1S/C14H19NO4/c1-3-9-5-4-6-10-13(18)11(8-19-14(9)10)15(2)7-12(16)17/h4-6,11,13,18H,3,7-8H2,1-2H3,(H,16,17). The lowest BCUT2D eigenvalue weighted by molar-refractivity contribution is -0.139. The van der Waals surface area contributed by atoms with Crippen molar-refractivity contribution in [2.45, 2.75) is 25.5 Å². The first-order chi connectivity index (χ1) is 9.04. The number of aliphatic hydroxyl groups excluding tert-OH is 1. The van der Waals surface area contributed by atoms with Gasteiger partial charge in [-0.1, -0.05) is 25.1 Å². The number of carbonyl (C=O) groups is 1. The molecule has 1 aliphatic heterocycles. The van der Waals surface area contributed by atoms with Crippen molar-refractivity contribution in [2.24, 2.45) is 0 Å². The highest BCUT2D eigenvalue weighted by atomic mass is 16.5. The molecule has 0 fully saturated rings. The van der Waals surface area contributed by atoms with Crippen LogP contribution in [0.4, 0.5) is 0 Å². The van der Waals surface area contributed by atoms with Crippen LogP contribution in [0.5, 0.6) is 5.75 Å². The van der Waals surface area contributed by atoms with Gasteiger partial charge in [-0.3, -0.25) is 9.69 Å². The summed E-state index contributed by atoms with van der Waals surface area (Å²) in [4.78, 5) is 12.3. The van der Waals surface area contributed by atoms with E-state index in [0.29, 0.717) is 6.61 Å². The SMILES string of the molecule is CCc1cccc2c1OCC(N(C)CC(=O)O)C2O. The second-order valence-electron chi connectivity index (χ2n) is 4.82. The minimum absolute atomic E-state index is 0.117. The van der Waals surface area contributed by atoms with Crippen molar-refractivity contribution in [3.05, 3.63) is 29.3 Å². The first-order valence-corrected chi connectivity index (χ1v) is 6.39. The lowest BCUT2D eigenvalue weighted by Crippen LogP contribution is -2.46. The summed E-state index contributed by atoms with van der Waals surface area (Å²) in [6, 6.07) is 5.37. The quantitative estimate of drug-likeness (QED) is 0.852. The van der Waals surface area contributed by atoms with Gasteiger partial charge in [0.1, 0.15) is 18.5 Å². The highest BCUT2D eigenvalue weighted by molar-refractivity contribution is 5.69. The van der Waals surface area contributed by atoms with E-state index in [1.54, 1.807) is 11.9 Å². The van der Waals surface area contributed by atoms with Gasteiger partial charge in [0.15, 0.2) is 0 Å².